The highest BCUT2D eigenvalue weighted by Gasteiger charge is 2.43. The zero-order valence-corrected chi connectivity index (χ0v) is 17.9. The van der Waals surface area contributed by atoms with Gasteiger partial charge in [-0.25, -0.2) is 0 Å². The molecule has 1 aromatic carbocycles. The number of likely N-dealkylation sites (tertiary alicyclic amines) is 1. The average Bonchev–Trinajstić information content (AvgIpc) is 3.23. The Labute approximate surface area is 182 Å². The highest BCUT2D eigenvalue weighted by molar-refractivity contribution is 5.89. The minimum absolute atomic E-state index is 0.0109. The van der Waals surface area contributed by atoms with Gasteiger partial charge in [0, 0.05) is 58.1 Å². The van der Waals surface area contributed by atoms with E-state index >= 15 is 0 Å². The van der Waals surface area contributed by atoms with Crippen LogP contribution in [0.25, 0.3) is 0 Å². The first kappa shape index (κ1) is 20.0. The summed E-state index contributed by atoms with van der Waals surface area (Å²) in [4.78, 5) is 36.3. The fraction of sp³-hybridized carbons (Fsp3) is 0.458. The van der Waals surface area contributed by atoms with Gasteiger partial charge in [0.2, 0.25) is 11.8 Å². The number of benzene rings is 1. The third kappa shape index (κ3) is 4.02. The number of carbonyl (C=O) groups excluding carboxylic acids is 2. The summed E-state index contributed by atoms with van der Waals surface area (Å²) in [5, 5.41) is 0. The number of hydrogen-bond donors (Lipinski definition) is 0. The molecule has 0 bridgehead atoms. The molecule has 4 heterocycles. The molecule has 5 rings (SSSR count). The van der Waals surface area contributed by atoms with E-state index in [1.165, 1.54) is 11.1 Å². The molecule has 2 aromatic rings. The van der Waals surface area contributed by atoms with Crippen molar-refractivity contribution in [3.05, 3.63) is 59.4 Å². The number of amides is 2. The zero-order valence-electron chi connectivity index (χ0n) is 17.9. The standard InChI is InChI=1S/C24H28N4O3/c1-26-21-6-9-27(13-17-4-5-22-19(11-17)7-10-31-22)15-20(21)24(30)28(16-23(26)29)14-18-3-2-8-25-12-18/h2-5,8,11-12,20-21H,6-7,9-10,13-16H2,1H3/t20-,21+/m0/s1. The molecular formula is C24H28N4O3. The first-order valence-electron chi connectivity index (χ1n) is 11.0. The van der Waals surface area contributed by atoms with E-state index < -0.39 is 0 Å². The largest absolute Gasteiger partial charge is 0.493 e. The van der Waals surface area contributed by atoms with Crippen molar-refractivity contribution in [2.45, 2.75) is 32.0 Å². The molecule has 0 saturated carbocycles. The summed E-state index contributed by atoms with van der Waals surface area (Å²) in [6.45, 7) is 3.65. The van der Waals surface area contributed by atoms with Gasteiger partial charge in [0.1, 0.15) is 12.3 Å². The van der Waals surface area contributed by atoms with Crippen LogP contribution >= 0.6 is 0 Å². The van der Waals surface area contributed by atoms with Crippen LogP contribution in [-0.2, 0) is 29.1 Å². The van der Waals surface area contributed by atoms with E-state index in [0.29, 0.717) is 13.1 Å². The number of fused-ring (bicyclic) bond motifs is 2. The molecule has 162 valence electrons. The van der Waals surface area contributed by atoms with Gasteiger partial charge in [-0.1, -0.05) is 18.2 Å². The Morgan fingerprint density at radius 3 is 2.90 bits per heavy atom. The summed E-state index contributed by atoms with van der Waals surface area (Å²) in [5.41, 5.74) is 3.46. The summed E-state index contributed by atoms with van der Waals surface area (Å²) >= 11 is 0. The van der Waals surface area contributed by atoms with Crippen LogP contribution in [0.5, 0.6) is 5.75 Å². The maximum atomic E-state index is 13.5. The van der Waals surface area contributed by atoms with Crippen molar-refractivity contribution in [1.29, 1.82) is 0 Å². The molecule has 7 heteroatoms. The maximum Gasteiger partial charge on any atom is 0.242 e. The van der Waals surface area contributed by atoms with E-state index in [1.54, 1.807) is 22.2 Å². The van der Waals surface area contributed by atoms with Gasteiger partial charge in [0.05, 0.1) is 12.5 Å². The Bertz CT molecular complexity index is 980. The number of pyridine rings is 1. The number of carbonyl (C=O) groups is 2. The summed E-state index contributed by atoms with van der Waals surface area (Å²) in [7, 11) is 1.84. The van der Waals surface area contributed by atoms with Crippen LogP contribution in [0, 0.1) is 5.92 Å². The number of nitrogens with zero attached hydrogens (tertiary/aromatic N) is 4. The molecule has 31 heavy (non-hydrogen) atoms. The summed E-state index contributed by atoms with van der Waals surface area (Å²) in [6.07, 6.45) is 5.25. The van der Waals surface area contributed by atoms with Crippen molar-refractivity contribution in [2.24, 2.45) is 5.92 Å². The number of likely N-dealkylation sites (N-methyl/N-ethyl adjacent to an activating group) is 1. The molecule has 2 atom stereocenters. The van der Waals surface area contributed by atoms with E-state index in [2.05, 4.69) is 28.1 Å². The number of piperidine rings is 1. The van der Waals surface area contributed by atoms with Gasteiger partial charge in [-0.2, -0.15) is 0 Å². The second-order valence-electron chi connectivity index (χ2n) is 8.80. The van der Waals surface area contributed by atoms with Gasteiger partial charge in [-0.05, 0) is 35.2 Å². The Hall–Kier alpha value is -2.93. The highest BCUT2D eigenvalue weighted by atomic mass is 16.5. The highest BCUT2D eigenvalue weighted by Crippen LogP contribution is 2.30. The lowest BCUT2D eigenvalue weighted by atomic mass is 9.90. The van der Waals surface area contributed by atoms with Crippen molar-refractivity contribution in [1.82, 2.24) is 19.7 Å². The number of hydrogen-bond acceptors (Lipinski definition) is 5. The summed E-state index contributed by atoms with van der Waals surface area (Å²) < 4.78 is 5.62. The zero-order chi connectivity index (χ0) is 21.4. The van der Waals surface area contributed by atoms with Crippen molar-refractivity contribution in [3.8, 4) is 5.75 Å². The van der Waals surface area contributed by atoms with Gasteiger partial charge in [0.15, 0.2) is 0 Å². The van der Waals surface area contributed by atoms with Crippen molar-refractivity contribution in [3.63, 3.8) is 0 Å². The van der Waals surface area contributed by atoms with Crippen LogP contribution in [0.3, 0.4) is 0 Å². The fourth-order valence-electron chi connectivity index (χ4n) is 5.07. The Morgan fingerprint density at radius 2 is 2.06 bits per heavy atom. The van der Waals surface area contributed by atoms with Gasteiger partial charge in [0.25, 0.3) is 0 Å². The lowest BCUT2D eigenvalue weighted by molar-refractivity contribution is -0.138. The second kappa shape index (κ2) is 8.30. The van der Waals surface area contributed by atoms with E-state index in [-0.39, 0.29) is 30.3 Å². The molecular weight excluding hydrogens is 392 g/mol. The Balaban J connectivity index is 1.33. The minimum atomic E-state index is -0.209. The Morgan fingerprint density at radius 1 is 1.16 bits per heavy atom. The van der Waals surface area contributed by atoms with Crippen LogP contribution in [0.1, 0.15) is 23.1 Å². The van der Waals surface area contributed by atoms with Crippen molar-refractivity contribution >= 4 is 11.8 Å². The first-order chi connectivity index (χ1) is 15.1. The van der Waals surface area contributed by atoms with Crippen LogP contribution in [0.15, 0.2) is 42.7 Å². The van der Waals surface area contributed by atoms with Crippen LogP contribution in [-0.4, -0.2) is 70.8 Å². The fourth-order valence-corrected chi connectivity index (χ4v) is 5.07. The minimum Gasteiger partial charge on any atom is -0.493 e. The molecule has 2 saturated heterocycles. The molecule has 1 aromatic heterocycles. The number of aromatic nitrogens is 1. The van der Waals surface area contributed by atoms with Gasteiger partial charge in [-0.15, -0.1) is 0 Å². The first-order valence-corrected chi connectivity index (χ1v) is 11.0. The smallest absolute Gasteiger partial charge is 0.242 e. The predicted molar refractivity (Wildman–Crippen MR) is 115 cm³/mol. The van der Waals surface area contributed by atoms with Crippen LogP contribution in [0.2, 0.25) is 0 Å². The van der Waals surface area contributed by atoms with Gasteiger partial charge in [-0.3, -0.25) is 19.5 Å². The molecule has 0 unspecified atom stereocenters. The topological polar surface area (TPSA) is 66.0 Å². The lowest BCUT2D eigenvalue weighted by Crippen LogP contribution is -2.53. The molecule has 0 N–H and O–H groups in total. The van der Waals surface area contributed by atoms with Crippen LogP contribution < -0.4 is 4.74 Å². The third-order valence-electron chi connectivity index (χ3n) is 6.76. The molecule has 0 spiro atoms. The number of rotatable bonds is 4. The molecule has 0 radical (unpaired) electrons. The van der Waals surface area contributed by atoms with E-state index in [1.807, 2.05) is 19.2 Å². The monoisotopic (exact) mass is 420 g/mol. The maximum absolute atomic E-state index is 13.5. The lowest BCUT2D eigenvalue weighted by Gasteiger charge is -2.40. The average molecular weight is 421 g/mol. The van der Waals surface area contributed by atoms with Crippen LogP contribution in [0.4, 0.5) is 0 Å². The third-order valence-corrected chi connectivity index (χ3v) is 6.76. The molecule has 2 fully saturated rings. The molecule has 0 aliphatic carbocycles. The quantitative estimate of drug-likeness (QED) is 0.754. The van der Waals surface area contributed by atoms with E-state index in [4.69, 9.17) is 4.74 Å². The van der Waals surface area contributed by atoms with Gasteiger partial charge >= 0.3 is 0 Å². The van der Waals surface area contributed by atoms with Crippen molar-refractivity contribution in [2.75, 3.05) is 33.3 Å². The van der Waals surface area contributed by atoms with Gasteiger partial charge < -0.3 is 14.5 Å². The molecule has 2 amide bonds. The molecule has 3 aliphatic rings. The molecule has 3 aliphatic heterocycles. The second-order valence-corrected chi connectivity index (χ2v) is 8.80. The van der Waals surface area contributed by atoms with Crippen molar-refractivity contribution < 1.29 is 14.3 Å². The summed E-state index contributed by atoms with van der Waals surface area (Å²) in [5.74, 6) is 0.864. The Kier molecular flexibility index (Phi) is 5.36. The number of ether oxygens (including phenoxy) is 1. The molecule has 7 nitrogen and oxygen atoms in total. The SMILES string of the molecule is CN1C(=O)CN(Cc2cccnc2)C(=O)[C@H]2CN(Cc3ccc4c(c3)CCO4)CC[C@H]21. The normalized spacial score (nSPS) is 23.9. The predicted octanol–water partition coefficient (Wildman–Crippen LogP) is 1.71. The van der Waals surface area contributed by atoms with E-state index in [0.717, 1.165) is 43.9 Å². The van der Waals surface area contributed by atoms with E-state index in [9.17, 15) is 9.59 Å². The summed E-state index contributed by atoms with van der Waals surface area (Å²) in [6, 6.07) is 10.2.